The molecule has 2 aromatic rings. The summed E-state index contributed by atoms with van der Waals surface area (Å²) in [5, 5.41) is 3.22. The van der Waals surface area contributed by atoms with E-state index in [0.717, 1.165) is 0 Å². The molecule has 0 saturated carbocycles. The van der Waals surface area contributed by atoms with Gasteiger partial charge in [0.1, 0.15) is 28.8 Å². The maximum Gasteiger partial charge on any atom is 0.276 e. The summed E-state index contributed by atoms with van der Waals surface area (Å²) >= 11 is 12.2. The van der Waals surface area contributed by atoms with Gasteiger partial charge in [-0.1, -0.05) is 29.3 Å². The maximum atomic E-state index is 14.4. The zero-order valence-electron chi connectivity index (χ0n) is 15.3. The van der Waals surface area contributed by atoms with Gasteiger partial charge in [0.25, 0.3) is 5.91 Å². The van der Waals surface area contributed by atoms with Crippen molar-refractivity contribution in [2.45, 2.75) is 6.92 Å². The highest BCUT2D eigenvalue weighted by molar-refractivity contribution is 6.33. The molecular formula is C19H17Cl2FN2O4. The van der Waals surface area contributed by atoms with E-state index in [2.05, 4.69) is 5.32 Å². The van der Waals surface area contributed by atoms with Crippen molar-refractivity contribution in [1.29, 1.82) is 0 Å². The molecule has 3 rings (SSSR count). The first-order valence-electron chi connectivity index (χ1n) is 8.15. The molecule has 1 aliphatic rings. The zero-order valence-corrected chi connectivity index (χ0v) is 16.8. The first kappa shape index (κ1) is 20.1. The van der Waals surface area contributed by atoms with Gasteiger partial charge in [-0.2, -0.15) is 0 Å². The van der Waals surface area contributed by atoms with Crippen LogP contribution in [0.1, 0.15) is 6.92 Å². The number of carbonyl (C=O) groups is 1. The van der Waals surface area contributed by atoms with Crippen molar-refractivity contribution in [3.63, 3.8) is 0 Å². The van der Waals surface area contributed by atoms with E-state index < -0.39 is 11.7 Å². The summed E-state index contributed by atoms with van der Waals surface area (Å²) in [4.78, 5) is 14.4. The van der Waals surface area contributed by atoms with Gasteiger partial charge in [-0.3, -0.25) is 9.69 Å². The number of ether oxygens (including phenoxy) is 3. The lowest BCUT2D eigenvalue weighted by Gasteiger charge is -2.21. The Balaban J connectivity index is 1.97. The first-order chi connectivity index (χ1) is 13.4. The third-order valence-electron chi connectivity index (χ3n) is 4.16. The van der Waals surface area contributed by atoms with Gasteiger partial charge in [-0.05, 0) is 19.1 Å². The molecule has 0 radical (unpaired) electrons. The zero-order chi connectivity index (χ0) is 20.4. The van der Waals surface area contributed by atoms with Gasteiger partial charge in [0.2, 0.25) is 0 Å². The molecule has 6 nitrogen and oxygen atoms in total. The van der Waals surface area contributed by atoms with Gasteiger partial charge in [0.05, 0.1) is 35.6 Å². The first-order valence-corrected chi connectivity index (χ1v) is 8.91. The smallest absolute Gasteiger partial charge is 0.276 e. The molecule has 1 N–H and O–H groups in total. The van der Waals surface area contributed by atoms with E-state index in [1.165, 1.54) is 49.5 Å². The molecule has 28 heavy (non-hydrogen) atoms. The quantitative estimate of drug-likeness (QED) is 0.742. The van der Waals surface area contributed by atoms with E-state index in [0.29, 0.717) is 28.0 Å². The number of benzene rings is 2. The topological polar surface area (TPSA) is 60.0 Å². The summed E-state index contributed by atoms with van der Waals surface area (Å²) in [6, 6.07) is 7.34. The van der Waals surface area contributed by atoms with E-state index >= 15 is 0 Å². The van der Waals surface area contributed by atoms with Gasteiger partial charge in [-0.15, -0.1) is 0 Å². The number of amides is 1. The Morgan fingerprint density at radius 2 is 1.89 bits per heavy atom. The summed E-state index contributed by atoms with van der Waals surface area (Å²) in [7, 11) is 2.90. The van der Waals surface area contributed by atoms with Crippen LogP contribution in [0.4, 0.5) is 15.8 Å². The van der Waals surface area contributed by atoms with Crippen LogP contribution in [-0.4, -0.2) is 26.9 Å². The fraction of sp³-hybridized carbons (Fsp3) is 0.211. The minimum Gasteiger partial charge on any atom is -0.495 e. The van der Waals surface area contributed by atoms with Crippen molar-refractivity contribution in [2.75, 3.05) is 31.2 Å². The Labute approximate surface area is 171 Å². The summed E-state index contributed by atoms with van der Waals surface area (Å²) in [5.74, 6) is -0.0671. The van der Waals surface area contributed by atoms with E-state index in [1.54, 1.807) is 6.92 Å². The number of allylic oxidation sites excluding steroid dienone is 1. The van der Waals surface area contributed by atoms with Crippen LogP contribution in [0.3, 0.4) is 0 Å². The monoisotopic (exact) mass is 426 g/mol. The third-order valence-corrected chi connectivity index (χ3v) is 4.76. The van der Waals surface area contributed by atoms with Crippen molar-refractivity contribution in [3.8, 4) is 11.5 Å². The van der Waals surface area contributed by atoms with Crippen LogP contribution in [0.5, 0.6) is 11.5 Å². The van der Waals surface area contributed by atoms with Crippen molar-refractivity contribution >= 4 is 40.5 Å². The number of hydrogen-bond donors (Lipinski definition) is 1. The Morgan fingerprint density at radius 3 is 2.54 bits per heavy atom. The fourth-order valence-corrected chi connectivity index (χ4v) is 3.33. The van der Waals surface area contributed by atoms with Gasteiger partial charge in [-0.25, -0.2) is 4.39 Å². The molecule has 0 spiro atoms. The number of nitrogens with zero attached hydrogens (tertiary/aromatic N) is 1. The van der Waals surface area contributed by atoms with Crippen molar-refractivity contribution < 1.29 is 23.4 Å². The minimum atomic E-state index is -0.568. The normalized spacial score (nSPS) is 13.4. The molecule has 0 bridgehead atoms. The molecule has 0 unspecified atom stereocenters. The van der Waals surface area contributed by atoms with Crippen LogP contribution >= 0.6 is 23.2 Å². The molecule has 1 aliphatic heterocycles. The Morgan fingerprint density at radius 1 is 1.18 bits per heavy atom. The molecule has 9 heteroatoms. The lowest BCUT2D eigenvalue weighted by molar-refractivity contribution is -0.112. The molecule has 148 valence electrons. The number of halogens is 3. The molecule has 0 aromatic heterocycles. The van der Waals surface area contributed by atoms with E-state index in [4.69, 9.17) is 37.4 Å². The van der Waals surface area contributed by atoms with Crippen LogP contribution in [0.25, 0.3) is 0 Å². The average Bonchev–Trinajstić information content (AvgIpc) is 3.03. The van der Waals surface area contributed by atoms with Crippen molar-refractivity contribution in [2.24, 2.45) is 0 Å². The third kappa shape index (κ3) is 3.68. The molecule has 2 aromatic carbocycles. The number of anilines is 2. The Kier molecular flexibility index (Phi) is 5.86. The van der Waals surface area contributed by atoms with Crippen LogP contribution < -0.4 is 19.7 Å². The number of para-hydroxylation sites is 1. The fourth-order valence-electron chi connectivity index (χ4n) is 2.83. The number of carbonyl (C=O) groups excluding carboxylic acids is 1. The molecule has 0 saturated heterocycles. The van der Waals surface area contributed by atoms with Gasteiger partial charge in [0.15, 0.2) is 6.73 Å². The van der Waals surface area contributed by atoms with E-state index in [9.17, 15) is 9.18 Å². The van der Waals surface area contributed by atoms with Crippen molar-refractivity contribution in [1.82, 2.24) is 0 Å². The molecule has 1 heterocycles. The van der Waals surface area contributed by atoms with Crippen LogP contribution in [0, 0.1) is 5.82 Å². The minimum absolute atomic E-state index is 0.0453. The van der Waals surface area contributed by atoms with Crippen LogP contribution in [0.15, 0.2) is 41.8 Å². The second-order valence-electron chi connectivity index (χ2n) is 5.82. The molecule has 0 fully saturated rings. The highest BCUT2D eigenvalue weighted by atomic mass is 35.5. The maximum absolute atomic E-state index is 14.4. The lowest BCUT2D eigenvalue weighted by Crippen LogP contribution is -2.29. The number of nitrogens with one attached hydrogen (secondary N) is 1. The molecule has 1 amide bonds. The number of rotatable bonds is 5. The molecule has 0 aliphatic carbocycles. The summed E-state index contributed by atoms with van der Waals surface area (Å²) in [6.45, 7) is 1.57. The summed E-state index contributed by atoms with van der Waals surface area (Å²) < 4.78 is 30.3. The second kappa shape index (κ2) is 8.16. The van der Waals surface area contributed by atoms with Gasteiger partial charge in [0, 0.05) is 12.1 Å². The van der Waals surface area contributed by atoms with Crippen LogP contribution in [0.2, 0.25) is 10.0 Å². The van der Waals surface area contributed by atoms with Crippen LogP contribution in [-0.2, 0) is 9.53 Å². The highest BCUT2D eigenvalue weighted by Crippen LogP contribution is 2.38. The van der Waals surface area contributed by atoms with Gasteiger partial charge >= 0.3 is 0 Å². The van der Waals surface area contributed by atoms with Crippen molar-refractivity contribution in [3.05, 3.63) is 57.7 Å². The summed E-state index contributed by atoms with van der Waals surface area (Å²) in [6.07, 6.45) is 0. The Hall–Kier alpha value is -2.64. The predicted molar refractivity (Wildman–Crippen MR) is 106 cm³/mol. The summed E-state index contributed by atoms with van der Waals surface area (Å²) in [5.41, 5.74) is 0.523. The molecule has 0 atom stereocenters. The number of methoxy groups -OCH3 is 2. The SMILES string of the molecule is COc1cc(NC(=O)C2=C(C)OCN2c2c(F)cccc2Cl)c(OC)cc1Cl. The molecular weight excluding hydrogens is 410 g/mol. The standard InChI is InChI=1S/C19H17Cl2FN2O4/c1-10-17(24(9-28-10)18-11(20)5-4-6-13(18)22)19(25)23-14-8-15(26-2)12(21)7-16(14)27-3/h4-8H,9H2,1-3H3,(H,23,25). The average molecular weight is 427 g/mol. The van der Waals surface area contributed by atoms with E-state index in [1.807, 2.05) is 0 Å². The lowest BCUT2D eigenvalue weighted by atomic mass is 10.2. The Bertz CT molecular complexity index is 945. The largest absolute Gasteiger partial charge is 0.495 e. The van der Waals surface area contributed by atoms with E-state index in [-0.39, 0.29) is 23.1 Å². The highest BCUT2D eigenvalue weighted by Gasteiger charge is 2.32. The predicted octanol–water partition coefficient (Wildman–Crippen LogP) is 4.81. The van der Waals surface area contributed by atoms with Gasteiger partial charge < -0.3 is 19.5 Å². The second-order valence-corrected chi connectivity index (χ2v) is 6.63. The number of hydrogen-bond acceptors (Lipinski definition) is 5.